The average molecular weight is 258 g/mol. The zero-order valence-corrected chi connectivity index (χ0v) is 11.0. The van der Waals surface area contributed by atoms with Crippen LogP contribution in [0.3, 0.4) is 0 Å². The quantitative estimate of drug-likeness (QED) is 0.852. The third-order valence-electron chi connectivity index (χ3n) is 3.53. The molecule has 1 aliphatic rings. The summed E-state index contributed by atoms with van der Waals surface area (Å²) in [6, 6.07) is 6.30. The third kappa shape index (κ3) is 3.17. The number of hydrogen-bond acceptors (Lipinski definition) is 5. The monoisotopic (exact) mass is 258 g/mol. The molecule has 1 N–H and O–H groups in total. The number of rotatable bonds is 6. The second-order valence-electron chi connectivity index (χ2n) is 5.04. The summed E-state index contributed by atoms with van der Waals surface area (Å²) < 4.78 is 5.32. The molecule has 0 aromatic carbocycles. The molecule has 1 atom stereocenters. The van der Waals surface area contributed by atoms with Crippen molar-refractivity contribution in [2.24, 2.45) is 5.92 Å². The van der Waals surface area contributed by atoms with E-state index in [0.29, 0.717) is 18.3 Å². The molecule has 19 heavy (non-hydrogen) atoms. The molecule has 2 aromatic heterocycles. The van der Waals surface area contributed by atoms with Gasteiger partial charge in [-0.3, -0.25) is 4.98 Å². The van der Waals surface area contributed by atoms with Gasteiger partial charge in [0.1, 0.15) is 0 Å². The van der Waals surface area contributed by atoms with Crippen molar-refractivity contribution in [1.82, 2.24) is 20.4 Å². The van der Waals surface area contributed by atoms with Gasteiger partial charge in [0.15, 0.2) is 5.82 Å². The van der Waals surface area contributed by atoms with Gasteiger partial charge in [0.05, 0.1) is 6.42 Å². The van der Waals surface area contributed by atoms with Gasteiger partial charge in [0.2, 0.25) is 5.89 Å². The molecular formula is C14H18N4O. The Kier molecular flexibility index (Phi) is 3.55. The SMILES string of the molecule is CNC(Cc1nc(Cc2ccccn2)no1)C1CC1. The predicted molar refractivity (Wildman–Crippen MR) is 70.6 cm³/mol. The Morgan fingerprint density at radius 2 is 2.32 bits per heavy atom. The van der Waals surface area contributed by atoms with Gasteiger partial charge in [0.25, 0.3) is 0 Å². The highest BCUT2D eigenvalue weighted by atomic mass is 16.5. The minimum absolute atomic E-state index is 0.461. The number of nitrogens with one attached hydrogen (secondary N) is 1. The maximum atomic E-state index is 5.32. The number of aromatic nitrogens is 3. The molecule has 0 spiro atoms. The lowest BCUT2D eigenvalue weighted by molar-refractivity contribution is 0.349. The second-order valence-corrected chi connectivity index (χ2v) is 5.04. The summed E-state index contributed by atoms with van der Waals surface area (Å²) in [5, 5.41) is 7.36. The zero-order valence-electron chi connectivity index (χ0n) is 11.0. The largest absolute Gasteiger partial charge is 0.339 e. The lowest BCUT2D eigenvalue weighted by atomic mass is 10.1. The highest BCUT2D eigenvalue weighted by Gasteiger charge is 2.31. The van der Waals surface area contributed by atoms with Gasteiger partial charge in [-0.25, -0.2) is 0 Å². The zero-order chi connectivity index (χ0) is 13.1. The fraction of sp³-hybridized carbons (Fsp3) is 0.500. The van der Waals surface area contributed by atoms with Gasteiger partial charge >= 0.3 is 0 Å². The lowest BCUT2D eigenvalue weighted by Gasteiger charge is -2.11. The summed E-state index contributed by atoms with van der Waals surface area (Å²) in [5.41, 5.74) is 0.960. The third-order valence-corrected chi connectivity index (χ3v) is 3.53. The maximum Gasteiger partial charge on any atom is 0.228 e. The van der Waals surface area contributed by atoms with Crippen molar-refractivity contribution >= 4 is 0 Å². The molecular weight excluding hydrogens is 240 g/mol. The summed E-state index contributed by atoms with van der Waals surface area (Å²) in [6.45, 7) is 0. The Balaban J connectivity index is 1.62. The smallest absolute Gasteiger partial charge is 0.228 e. The van der Waals surface area contributed by atoms with Gasteiger partial charge in [-0.15, -0.1) is 0 Å². The van der Waals surface area contributed by atoms with Crippen LogP contribution in [0.2, 0.25) is 0 Å². The molecule has 0 saturated heterocycles. The van der Waals surface area contributed by atoms with Crippen molar-refractivity contribution < 1.29 is 4.52 Å². The Bertz CT molecular complexity index is 521. The standard InChI is InChI=1S/C14H18N4O/c1-15-12(10-5-6-10)9-14-17-13(18-19-14)8-11-4-2-3-7-16-11/h2-4,7,10,12,15H,5-6,8-9H2,1H3. The molecule has 0 amide bonds. The van der Waals surface area contributed by atoms with Crippen LogP contribution < -0.4 is 5.32 Å². The molecule has 1 saturated carbocycles. The van der Waals surface area contributed by atoms with Crippen molar-refractivity contribution in [3.8, 4) is 0 Å². The van der Waals surface area contributed by atoms with Gasteiger partial charge in [0, 0.05) is 24.4 Å². The van der Waals surface area contributed by atoms with Gasteiger partial charge < -0.3 is 9.84 Å². The summed E-state index contributed by atoms with van der Waals surface area (Å²) >= 11 is 0. The molecule has 1 aliphatic carbocycles. The molecule has 0 radical (unpaired) electrons. The molecule has 2 aromatic rings. The van der Waals surface area contributed by atoms with Crippen LogP contribution in [0.1, 0.15) is 30.3 Å². The first kappa shape index (κ1) is 12.3. The highest BCUT2D eigenvalue weighted by Crippen LogP contribution is 2.33. The van der Waals surface area contributed by atoms with Crippen LogP contribution in [-0.4, -0.2) is 28.2 Å². The summed E-state index contributed by atoms with van der Waals surface area (Å²) in [6.07, 6.45) is 5.83. The lowest BCUT2D eigenvalue weighted by Crippen LogP contribution is -2.29. The van der Waals surface area contributed by atoms with Gasteiger partial charge in [-0.05, 0) is 37.9 Å². The van der Waals surface area contributed by atoms with Gasteiger partial charge in [-0.1, -0.05) is 11.2 Å². The van der Waals surface area contributed by atoms with Crippen molar-refractivity contribution in [2.45, 2.75) is 31.7 Å². The predicted octanol–water partition coefficient (Wildman–Crippen LogP) is 1.60. The van der Waals surface area contributed by atoms with Crippen molar-refractivity contribution in [1.29, 1.82) is 0 Å². The Morgan fingerprint density at radius 1 is 1.42 bits per heavy atom. The van der Waals surface area contributed by atoms with Crippen LogP contribution >= 0.6 is 0 Å². The molecule has 5 heteroatoms. The highest BCUT2D eigenvalue weighted by molar-refractivity contribution is 5.09. The van der Waals surface area contributed by atoms with E-state index < -0.39 is 0 Å². The Hall–Kier alpha value is -1.75. The first-order valence-electron chi connectivity index (χ1n) is 6.74. The number of nitrogens with zero attached hydrogens (tertiary/aromatic N) is 3. The van der Waals surface area contributed by atoms with E-state index in [1.807, 2.05) is 25.2 Å². The van der Waals surface area contributed by atoms with E-state index in [0.717, 1.165) is 23.9 Å². The molecule has 3 rings (SSSR count). The van der Waals surface area contributed by atoms with Crippen LogP contribution in [-0.2, 0) is 12.8 Å². The molecule has 5 nitrogen and oxygen atoms in total. The number of likely N-dealkylation sites (N-methyl/N-ethyl adjacent to an activating group) is 1. The Morgan fingerprint density at radius 3 is 3.00 bits per heavy atom. The fourth-order valence-corrected chi connectivity index (χ4v) is 2.30. The van der Waals surface area contributed by atoms with Crippen molar-refractivity contribution in [3.05, 3.63) is 41.8 Å². The summed E-state index contributed by atoms with van der Waals surface area (Å²) in [7, 11) is 1.99. The van der Waals surface area contributed by atoms with Crippen LogP contribution in [0.25, 0.3) is 0 Å². The van der Waals surface area contributed by atoms with E-state index >= 15 is 0 Å². The topological polar surface area (TPSA) is 63.8 Å². The summed E-state index contributed by atoms with van der Waals surface area (Å²) in [4.78, 5) is 8.71. The molecule has 1 fully saturated rings. The van der Waals surface area contributed by atoms with E-state index in [-0.39, 0.29) is 0 Å². The van der Waals surface area contributed by atoms with Crippen molar-refractivity contribution in [3.63, 3.8) is 0 Å². The average Bonchev–Trinajstić information content (AvgIpc) is 3.19. The molecule has 100 valence electrons. The normalized spacial score (nSPS) is 16.5. The van der Waals surface area contributed by atoms with E-state index in [4.69, 9.17) is 4.52 Å². The van der Waals surface area contributed by atoms with Crippen LogP contribution in [0.5, 0.6) is 0 Å². The molecule has 1 unspecified atom stereocenters. The van der Waals surface area contributed by atoms with E-state index in [1.165, 1.54) is 12.8 Å². The number of pyridine rings is 1. The maximum absolute atomic E-state index is 5.32. The van der Waals surface area contributed by atoms with E-state index in [1.54, 1.807) is 6.20 Å². The minimum atomic E-state index is 0.461. The van der Waals surface area contributed by atoms with Crippen LogP contribution in [0.15, 0.2) is 28.9 Å². The first-order valence-corrected chi connectivity index (χ1v) is 6.74. The molecule has 0 bridgehead atoms. The Labute approximate surface area is 112 Å². The minimum Gasteiger partial charge on any atom is -0.339 e. The van der Waals surface area contributed by atoms with Crippen LogP contribution in [0, 0.1) is 5.92 Å². The second kappa shape index (κ2) is 5.48. The molecule has 2 heterocycles. The van der Waals surface area contributed by atoms with Crippen molar-refractivity contribution in [2.75, 3.05) is 7.05 Å². The number of hydrogen-bond donors (Lipinski definition) is 1. The van der Waals surface area contributed by atoms with Gasteiger partial charge in [-0.2, -0.15) is 4.98 Å². The fourth-order valence-electron chi connectivity index (χ4n) is 2.30. The summed E-state index contributed by atoms with van der Waals surface area (Å²) in [5.74, 6) is 2.20. The molecule has 0 aliphatic heterocycles. The van der Waals surface area contributed by atoms with E-state index in [2.05, 4.69) is 20.4 Å². The van der Waals surface area contributed by atoms with Crippen LogP contribution in [0.4, 0.5) is 0 Å². The first-order chi connectivity index (χ1) is 9.35. The van der Waals surface area contributed by atoms with E-state index in [9.17, 15) is 0 Å².